The summed E-state index contributed by atoms with van der Waals surface area (Å²) in [4.78, 5) is 9.76. The highest BCUT2D eigenvalue weighted by molar-refractivity contribution is 14.0. The van der Waals surface area contributed by atoms with E-state index < -0.39 is 0 Å². The van der Waals surface area contributed by atoms with Gasteiger partial charge in [-0.15, -0.1) is 45.5 Å². The van der Waals surface area contributed by atoms with Crippen LogP contribution in [-0.4, -0.2) is 32.8 Å². The Balaban J connectivity index is 0.00000225. The molecule has 0 saturated carbocycles. The fraction of sp³-hybridized carbons (Fsp3) is 0.250. The van der Waals surface area contributed by atoms with E-state index in [4.69, 9.17) is 0 Å². The summed E-state index contributed by atoms with van der Waals surface area (Å²) in [5, 5.41) is 15.7. The van der Waals surface area contributed by atoms with Gasteiger partial charge in [-0.3, -0.25) is 9.56 Å². The van der Waals surface area contributed by atoms with Crippen molar-refractivity contribution in [2.45, 2.75) is 20.0 Å². The SMILES string of the molecule is CN=C(NCc1ncc(C)s1)NCc1nncn1-c1ccccc1.I. The number of para-hydroxylation sites is 1. The monoisotopic (exact) mass is 469 g/mol. The molecule has 0 amide bonds. The smallest absolute Gasteiger partial charge is 0.191 e. The Morgan fingerprint density at radius 1 is 1.20 bits per heavy atom. The molecule has 0 bridgehead atoms. The molecule has 0 radical (unpaired) electrons. The predicted octanol–water partition coefficient (Wildman–Crippen LogP) is 2.52. The van der Waals surface area contributed by atoms with E-state index in [1.807, 2.05) is 48.0 Å². The van der Waals surface area contributed by atoms with Gasteiger partial charge >= 0.3 is 0 Å². The first-order valence-corrected chi connectivity index (χ1v) is 8.38. The molecule has 2 N–H and O–H groups in total. The zero-order valence-corrected chi connectivity index (χ0v) is 17.2. The molecule has 0 aliphatic carbocycles. The van der Waals surface area contributed by atoms with Crippen molar-refractivity contribution in [2.75, 3.05) is 7.05 Å². The summed E-state index contributed by atoms with van der Waals surface area (Å²) >= 11 is 1.67. The van der Waals surface area contributed by atoms with Crippen LogP contribution < -0.4 is 10.6 Å². The fourth-order valence-corrected chi connectivity index (χ4v) is 2.94. The van der Waals surface area contributed by atoms with Crippen molar-refractivity contribution in [3.05, 3.63) is 58.6 Å². The van der Waals surface area contributed by atoms with Crippen molar-refractivity contribution in [2.24, 2.45) is 4.99 Å². The molecule has 0 aliphatic rings. The Hall–Kier alpha value is -2.01. The van der Waals surface area contributed by atoms with Gasteiger partial charge < -0.3 is 10.6 Å². The maximum Gasteiger partial charge on any atom is 0.191 e. The number of thiazole rings is 1. The Labute approximate surface area is 167 Å². The lowest BCUT2D eigenvalue weighted by atomic mass is 10.3. The lowest BCUT2D eigenvalue weighted by Crippen LogP contribution is -2.36. The van der Waals surface area contributed by atoms with Crippen molar-refractivity contribution in [1.82, 2.24) is 30.4 Å². The van der Waals surface area contributed by atoms with E-state index in [1.165, 1.54) is 4.88 Å². The van der Waals surface area contributed by atoms with Gasteiger partial charge in [0, 0.05) is 23.8 Å². The molecule has 25 heavy (non-hydrogen) atoms. The van der Waals surface area contributed by atoms with Crippen LogP contribution in [-0.2, 0) is 13.1 Å². The van der Waals surface area contributed by atoms with E-state index in [1.54, 1.807) is 24.7 Å². The predicted molar refractivity (Wildman–Crippen MR) is 111 cm³/mol. The van der Waals surface area contributed by atoms with Gasteiger partial charge in [0.15, 0.2) is 11.8 Å². The number of rotatable bonds is 5. The second-order valence-corrected chi connectivity index (χ2v) is 6.42. The standard InChI is InChI=1S/C16H19N7S.HI/c1-12-8-18-15(24-12)10-20-16(17-2)19-9-14-22-21-11-23(14)13-6-4-3-5-7-13;/h3-8,11H,9-10H2,1-2H3,(H2,17,19,20);1H. The number of guanidine groups is 1. The van der Waals surface area contributed by atoms with E-state index in [0.717, 1.165) is 16.5 Å². The van der Waals surface area contributed by atoms with Gasteiger partial charge in [0.25, 0.3) is 0 Å². The van der Waals surface area contributed by atoms with E-state index in [-0.39, 0.29) is 24.0 Å². The Morgan fingerprint density at radius 3 is 2.64 bits per heavy atom. The van der Waals surface area contributed by atoms with Crippen LogP contribution in [0.25, 0.3) is 5.69 Å². The highest BCUT2D eigenvalue weighted by Crippen LogP contribution is 2.10. The minimum Gasteiger partial charge on any atom is -0.350 e. The first-order chi connectivity index (χ1) is 11.8. The van der Waals surface area contributed by atoms with Gasteiger partial charge in [0.2, 0.25) is 0 Å². The van der Waals surface area contributed by atoms with E-state index >= 15 is 0 Å². The van der Waals surface area contributed by atoms with Crippen LogP contribution in [0.2, 0.25) is 0 Å². The average molecular weight is 469 g/mol. The first kappa shape index (κ1) is 19.3. The van der Waals surface area contributed by atoms with Crippen LogP contribution in [0, 0.1) is 6.92 Å². The van der Waals surface area contributed by atoms with Crippen molar-refractivity contribution in [3.63, 3.8) is 0 Å². The first-order valence-electron chi connectivity index (χ1n) is 7.56. The summed E-state index contributed by atoms with van der Waals surface area (Å²) < 4.78 is 1.95. The minimum absolute atomic E-state index is 0. The molecular weight excluding hydrogens is 449 g/mol. The number of benzene rings is 1. The van der Waals surface area contributed by atoms with Crippen LogP contribution >= 0.6 is 35.3 Å². The van der Waals surface area contributed by atoms with Crippen molar-refractivity contribution in [1.29, 1.82) is 0 Å². The maximum absolute atomic E-state index is 4.33. The van der Waals surface area contributed by atoms with Gasteiger partial charge in [-0.05, 0) is 19.1 Å². The van der Waals surface area contributed by atoms with Crippen molar-refractivity contribution < 1.29 is 0 Å². The molecule has 0 unspecified atom stereocenters. The van der Waals surface area contributed by atoms with Gasteiger partial charge in [-0.25, -0.2) is 4.98 Å². The molecular formula is C16H20IN7S. The van der Waals surface area contributed by atoms with Crippen molar-refractivity contribution >= 4 is 41.3 Å². The Kier molecular flexibility index (Phi) is 7.31. The second kappa shape index (κ2) is 9.47. The van der Waals surface area contributed by atoms with Crippen LogP contribution in [0.5, 0.6) is 0 Å². The zero-order valence-electron chi connectivity index (χ0n) is 14.0. The maximum atomic E-state index is 4.33. The molecule has 2 aromatic heterocycles. The van der Waals surface area contributed by atoms with Gasteiger partial charge in [0.05, 0.1) is 13.1 Å². The molecule has 0 aliphatic heterocycles. The highest BCUT2D eigenvalue weighted by Gasteiger charge is 2.07. The van der Waals surface area contributed by atoms with Gasteiger partial charge in [0.1, 0.15) is 11.3 Å². The van der Waals surface area contributed by atoms with Crippen LogP contribution in [0.3, 0.4) is 0 Å². The summed E-state index contributed by atoms with van der Waals surface area (Å²) in [7, 11) is 1.74. The second-order valence-electron chi connectivity index (χ2n) is 5.10. The third-order valence-electron chi connectivity index (χ3n) is 3.37. The molecule has 0 atom stereocenters. The number of nitrogens with one attached hydrogen (secondary N) is 2. The highest BCUT2D eigenvalue weighted by atomic mass is 127. The van der Waals surface area contributed by atoms with E-state index in [0.29, 0.717) is 19.0 Å². The van der Waals surface area contributed by atoms with Gasteiger partial charge in [-0.2, -0.15) is 0 Å². The third kappa shape index (κ3) is 5.23. The summed E-state index contributed by atoms with van der Waals surface area (Å²) in [6.45, 7) is 3.21. The zero-order chi connectivity index (χ0) is 16.8. The Morgan fingerprint density at radius 2 is 1.96 bits per heavy atom. The molecule has 3 rings (SSSR count). The topological polar surface area (TPSA) is 80.0 Å². The fourth-order valence-electron chi connectivity index (χ4n) is 2.21. The number of hydrogen-bond acceptors (Lipinski definition) is 5. The number of aryl methyl sites for hydroxylation is 1. The lowest BCUT2D eigenvalue weighted by Gasteiger charge is -2.11. The summed E-state index contributed by atoms with van der Waals surface area (Å²) in [5.74, 6) is 1.51. The molecule has 7 nitrogen and oxygen atoms in total. The van der Waals surface area contributed by atoms with Gasteiger partial charge in [-0.1, -0.05) is 18.2 Å². The van der Waals surface area contributed by atoms with E-state index in [2.05, 4.69) is 30.8 Å². The van der Waals surface area contributed by atoms with Crippen molar-refractivity contribution in [3.8, 4) is 5.69 Å². The molecule has 3 aromatic rings. The normalized spacial score (nSPS) is 11.0. The third-order valence-corrected chi connectivity index (χ3v) is 4.28. The molecule has 0 saturated heterocycles. The lowest BCUT2D eigenvalue weighted by molar-refractivity contribution is 0.752. The van der Waals surface area contributed by atoms with Crippen LogP contribution in [0.15, 0.2) is 47.8 Å². The minimum atomic E-state index is 0. The molecule has 0 fully saturated rings. The molecule has 132 valence electrons. The number of nitrogens with zero attached hydrogens (tertiary/aromatic N) is 5. The summed E-state index contributed by atoms with van der Waals surface area (Å²) in [6.07, 6.45) is 3.58. The number of hydrogen-bond donors (Lipinski definition) is 2. The number of aromatic nitrogens is 4. The van der Waals surface area contributed by atoms with Crippen LogP contribution in [0.4, 0.5) is 0 Å². The number of halogens is 1. The quantitative estimate of drug-likeness (QED) is 0.341. The molecule has 9 heteroatoms. The summed E-state index contributed by atoms with van der Waals surface area (Å²) in [6, 6.07) is 10.00. The average Bonchev–Trinajstić information content (AvgIpc) is 3.25. The van der Waals surface area contributed by atoms with E-state index in [9.17, 15) is 0 Å². The molecule has 1 aromatic carbocycles. The Bertz CT molecular complexity index is 813. The van der Waals surface area contributed by atoms with Crippen LogP contribution in [0.1, 0.15) is 15.7 Å². The largest absolute Gasteiger partial charge is 0.350 e. The molecule has 2 heterocycles. The summed E-state index contributed by atoms with van der Waals surface area (Å²) in [5.41, 5.74) is 1.03. The molecule has 0 spiro atoms. The number of aliphatic imine (C=N–C) groups is 1.